The molecule has 3 aromatic rings. The van der Waals surface area contributed by atoms with Crippen LogP contribution in [0.15, 0.2) is 72.8 Å². The van der Waals surface area contributed by atoms with Crippen LogP contribution in [0.3, 0.4) is 0 Å². The zero-order valence-electron chi connectivity index (χ0n) is 22.9. The molecule has 0 aliphatic carbocycles. The number of anilines is 1. The van der Waals surface area contributed by atoms with Crippen molar-refractivity contribution in [2.45, 2.75) is 45.7 Å². The Labute approximate surface area is 236 Å². The molecule has 208 valence electrons. The molecule has 1 unspecified atom stereocenters. The van der Waals surface area contributed by atoms with E-state index in [1.807, 2.05) is 61.5 Å². The van der Waals surface area contributed by atoms with Crippen LogP contribution >= 0.6 is 11.6 Å². The third-order valence-corrected chi connectivity index (χ3v) is 8.37. The molecular formula is C30H36ClN3O4S. The molecule has 0 radical (unpaired) electrons. The number of sulfonamides is 1. The van der Waals surface area contributed by atoms with E-state index in [2.05, 4.69) is 5.32 Å². The summed E-state index contributed by atoms with van der Waals surface area (Å²) in [7, 11) is -2.05. The van der Waals surface area contributed by atoms with Crippen LogP contribution in [-0.4, -0.2) is 51.0 Å². The fraction of sp³-hybridized carbons (Fsp3) is 0.333. The highest BCUT2D eigenvalue weighted by molar-refractivity contribution is 7.92. The standard InChI is InChI=1S/C30H36ClN3O4S/c1-22-12-8-9-15-25(22)21-33(28(30(36)32-3)20-24-13-6-5-7-14-24)29(35)18-11-19-34(39(4,37)38)27-17-10-16-26(31)23(27)2/h5-10,12-17,28H,11,18-21H2,1-4H3,(H,32,36). The van der Waals surface area contributed by atoms with Gasteiger partial charge in [-0.2, -0.15) is 0 Å². The van der Waals surface area contributed by atoms with Crippen LogP contribution in [0, 0.1) is 13.8 Å². The summed E-state index contributed by atoms with van der Waals surface area (Å²) in [5, 5.41) is 3.18. The summed E-state index contributed by atoms with van der Waals surface area (Å²) in [6.07, 6.45) is 1.84. The zero-order chi connectivity index (χ0) is 28.6. The van der Waals surface area contributed by atoms with Crippen molar-refractivity contribution < 1.29 is 18.0 Å². The molecule has 0 spiro atoms. The van der Waals surface area contributed by atoms with Gasteiger partial charge in [-0.1, -0.05) is 72.3 Å². The number of hydrogen-bond acceptors (Lipinski definition) is 4. The largest absolute Gasteiger partial charge is 0.357 e. The van der Waals surface area contributed by atoms with Crippen LogP contribution < -0.4 is 9.62 Å². The minimum Gasteiger partial charge on any atom is -0.357 e. The van der Waals surface area contributed by atoms with Crippen molar-refractivity contribution in [1.82, 2.24) is 10.2 Å². The van der Waals surface area contributed by atoms with E-state index in [9.17, 15) is 18.0 Å². The maximum Gasteiger partial charge on any atom is 0.242 e. The average Bonchev–Trinajstić information content (AvgIpc) is 2.91. The number of carbonyl (C=O) groups excluding carboxylic acids is 2. The van der Waals surface area contributed by atoms with Crippen LogP contribution in [0.25, 0.3) is 0 Å². The Morgan fingerprint density at radius 2 is 1.62 bits per heavy atom. The lowest BCUT2D eigenvalue weighted by Crippen LogP contribution is -2.50. The van der Waals surface area contributed by atoms with Crippen molar-refractivity contribution >= 4 is 39.1 Å². The van der Waals surface area contributed by atoms with Gasteiger partial charge in [0.1, 0.15) is 6.04 Å². The Morgan fingerprint density at radius 3 is 2.26 bits per heavy atom. The lowest BCUT2D eigenvalue weighted by Gasteiger charge is -2.32. The highest BCUT2D eigenvalue weighted by Crippen LogP contribution is 2.28. The van der Waals surface area contributed by atoms with Gasteiger partial charge in [-0.15, -0.1) is 0 Å². The van der Waals surface area contributed by atoms with Crippen LogP contribution in [0.2, 0.25) is 5.02 Å². The van der Waals surface area contributed by atoms with Crippen molar-refractivity contribution in [3.63, 3.8) is 0 Å². The third kappa shape index (κ3) is 8.07. The van der Waals surface area contributed by atoms with Gasteiger partial charge < -0.3 is 10.2 Å². The molecule has 2 amide bonds. The number of amides is 2. The summed E-state index contributed by atoms with van der Waals surface area (Å²) in [4.78, 5) is 28.5. The van der Waals surface area contributed by atoms with E-state index in [1.165, 1.54) is 4.31 Å². The SMILES string of the molecule is CNC(=O)C(Cc1ccccc1)N(Cc1ccccc1C)C(=O)CCCN(c1cccc(Cl)c1C)S(C)(=O)=O. The van der Waals surface area contributed by atoms with E-state index in [1.54, 1.807) is 37.1 Å². The van der Waals surface area contributed by atoms with Gasteiger partial charge in [0.2, 0.25) is 21.8 Å². The number of aryl methyl sites for hydroxylation is 1. The number of benzene rings is 3. The quantitative estimate of drug-likeness (QED) is 0.336. The summed E-state index contributed by atoms with van der Waals surface area (Å²) in [5.74, 6) is -0.479. The smallest absolute Gasteiger partial charge is 0.242 e. The molecule has 0 saturated carbocycles. The zero-order valence-corrected chi connectivity index (χ0v) is 24.4. The van der Waals surface area contributed by atoms with E-state index in [0.29, 0.717) is 22.7 Å². The monoisotopic (exact) mass is 569 g/mol. The van der Waals surface area contributed by atoms with Crippen LogP contribution in [0.1, 0.15) is 35.1 Å². The molecule has 0 aliphatic rings. The molecule has 0 aliphatic heterocycles. The third-order valence-electron chi connectivity index (χ3n) is 6.78. The van der Waals surface area contributed by atoms with Crippen LogP contribution in [-0.2, 0) is 32.6 Å². The number of hydrogen-bond donors (Lipinski definition) is 1. The average molecular weight is 570 g/mol. The maximum absolute atomic E-state index is 13.8. The molecule has 1 N–H and O–H groups in total. The minimum atomic E-state index is -3.62. The van der Waals surface area contributed by atoms with Crippen molar-refractivity contribution in [1.29, 1.82) is 0 Å². The first kappa shape index (κ1) is 30.2. The first-order chi connectivity index (χ1) is 18.5. The molecule has 0 fully saturated rings. The first-order valence-electron chi connectivity index (χ1n) is 12.8. The fourth-order valence-corrected chi connectivity index (χ4v) is 5.73. The second-order valence-corrected chi connectivity index (χ2v) is 11.9. The minimum absolute atomic E-state index is 0.0692. The van der Waals surface area contributed by atoms with Gasteiger partial charge in [0.05, 0.1) is 11.9 Å². The summed E-state index contributed by atoms with van der Waals surface area (Å²) < 4.78 is 26.6. The molecule has 39 heavy (non-hydrogen) atoms. The van der Waals surface area contributed by atoms with Crippen molar-refractivity contribution in [3.8, 4) is 0 Å². The molecule has 0 aromatic heterocycles. The summed E-state index contributed by atoms with van der Waals surface area (Å²) in [6.45, 7) is 4.11. The number of nitrogens with one attached hydrogen (secondary N) is 1. The molecule has 0 heterocycles. The van der Waals surface area contributed by atoms with Gasteiger partial charge in [0.25, 0.3) is 0 Å². The summed E-state index contributed by atoms with van der Waals surface area (Å²) in [6, 6.07) is 21.7. The topological polar surface area (TPSA) is 86.8 Å². The molecule has 0 bridgehead atoms. The molecule has 9 heteroatoms. The Kier molecular flexibility index (Phi) is 10.5. The Morgan fingerprint density at radius 1 is 0.949 bits per heavy atom. The molecule has 3 rings (SSSR count). The van der Waals surface area contributed by atoms with E-state index in [4.69, 9.17) is 11.6 Å². The van der Waals surface area contributed by atoms with E-state index in [0.717, 1.165) is 22.9 Å². The predicted octanol–water partition coefficient (Wildman–Crippen LogP) is 4.89. The van der Waals surface area contributed by atoms with Crippen LogP contribution in [0.5, 0.6) is 0 Å². The maximum atomic E-state index is 13.8. The van der Waals surface area contributed by atoms with Crippen molar-refractivity contribution in [2.75, 3.05) is 24.2 Å². The summed E-state index contributed by atoms with van der Waals surface area (Å²) in [5.41, 5.74) is 4.04. The van der Waals surface area contributed by atoms with Gasteiger partial charge >= 0.3 is 0 Å². The van der Waals surface area contributed by atoms with Gasteiger partial charge in [0.15, 0.2) is 0 Å². The second-order valence-electron chi connectivity index (χ2n) is 9.59. The predicted molar refractivity (Wildman–Crippen MR) is 157 cm³/mol. The van der Waals surface area contributed by atoms with Crippen molar-refractivity contribution in [3.05, 3.63) is 100 Å². The number of carbonyl (C=O) groups is 2. The number of likely N-dealkylation sites (N-methyl/N-ethyl adjacent to an activating group) is 1. The van der Waals surface area contributed by atoms with E-state index >= 15 is 0 Å². The normalized spacial score (nSPS) is 12.0. The Hall–Kier alpha value is -3.36. The molecular weight excluding hydrogens is 534 g/mol. The molecule has 3 aromatic carbocycles. The molecule has 1 atom stereocenters. The lowest BCUT2D eigenvalue weighted by atomic mass is 10.0. The fourth-order valence-electron chi connectivity index (χ4n) is 4.54. The Balaban J connectivity index is 1.87. The first-order valence-corrected chi connectivity index (χ1v) is 15.1. The van der Waals surface area contributed by atoms with E-state index in [-0.39, 0.29) is 37.7 Å². The Bertz CT molecular complexity index is 1400. The molecule has 0 saturated heterocycles. The summed E-state index contributed by atoms with van der Waals surface area (Å²) >= 11 is 6.25. The lowest BCUT2D eigenvalue weighted by molar-refractivity contribution is -0.141. The van der Waals surface area contributed by atoms with Gasteiger partial charge in [-0.25, -0.2) is 8.42 Å². The van der Waals surface area contributed by atoms with Crippen molar-refractivity contribution in [2.24, 2.45) is 0 Å². The van der Waals surface area contributed by atoms with Gasteiger partial charge in [0, 0.05) is 38.0 Å². The number of halogens is 1. The van der Waals surface area contributed by atoms with Crippen LogP contribution in [0.4, 0.5) is 5.69 Å². The second kappa shape index (κ2) is 13.6. The van der Waals surface area contributed by atoms with Gasteiger partial charge in [-0.05, 0) is 54.7 Å². The van der Waals surface area contributed by atoms with Gasteiger partial charge in [-0.3, -0.25) is 13.9 Å². The number of nitrogens with zero attached hydrogens (tertiary/aromatic N) is 2. The molecule has 7 nitrogen and oxygen atoms in total. The highest BCUT2D eigenvalue weighted by Gasteiger charge is 2.30. The van der Waals surface area contributed by atoms with E-state index < -0.39 is 16.1 Å². The number of rotatable bonds is 12. The highest BCUT2D eigenvalue weighted by atomic mass is 35.5.